The van der Waals surface area contributed by atoms with Gasteiger partial charge in [0.05, 0.1) is 31.2 Å². The van der Waals surface area contributed by atoms with Crippen LogP contribution in [0.25, 0.3) is 0 Å². The summed E-state index contributed by atoms with van der Waals surface area (Å²) in [4.78, 5) is 28.1. The number of carbonyl (C=O) groups excluding carboxylic acids is 2. The van der Waals surface area contributed by atoms with Gasteiger partial charge >= 0.3 is 5.97 Å². The quantitative estimate of drug-likeness (QED) is 0.498. The highest BCUT2D eigenvalue weighted by atomic mass is 32.2. The first-order valence-corrected chi connectivity index (χ1v) is 8.04. The van der Waals surface area contributed by atoms with E-state index in [0.717, 1.165) is 10.6 Å². The molecular formula is C17H19NO4S. The summed E-state index contributed by atoms with van der Waals surface area (Å²) in [5.41, 5.74) is 2.18. The predicted octanol–water partition coefficient (Wildman–Crippen LogP) is 3.40. The number of H-pyrrole nitrogens is 1. The van der Waals surface area contributed by atoms with Gasteiger partial charge in [0.1, 0.15) is 5.75 Å². The Morgan fingerprint density at radius 1 is 1.13 bits per heavy atom. The Morgan fingerprint density at radius 3 is 2.35 bits per heavy atom. The number of ketones is 1. The zero-order valence-electron chi connectivity index (χ0n) is 13.6. The van der Waals surface area contributed by atoms with Crippen molar-refractivity contribution in [2.45, 2.75) is 18.7 Å². The van der Waals surface area contributed by atoms with E-state index in [9.17, 15) is 9.59 Å². The molecule has 0 aliphatic carbocycles. The number of benzene rings is 1. The Morgan fingerprint density at radius 2 is 1.78 bits per heavy atom. The van der Waals surface area contributed by atoms with Gasteiger partial charge in [0.25, 0.3) is 0 Å². The molecule has 0 saturated carbocycles. The number of rotatable bonds is 6. The molecule has 2 aromatic rings. The van der Waals surface area contributed by atoms with Crippen molar-refractivity contribution >= 4 is 23.5 Å². The largest absolute Gasteiger partial charge is 0.497 e. The van der Waals surface area contributed by atoms with Crippen LogP contribution in [-0.2, 0) is 4.74 Å². The fourth-order valence-electron chi connectivity index (χ4n) is 2.33. The van der Waals surface area contributed by atoms with Crippen LogP contribution in [-0.4, -0.2) is 36.7 Å². The molecule has 0 aliphatic rings. The molecule has 1 N–H and O–H groups in total. The van der Waals surface area contributed by atoms with Crippen molar-refractivity contribution in [3.63, 3.8) is 0 Å². The first kappa shape index (κ1) is 17.1. The van der Waals surface area contributed by atoms with Crippen LogP contribution in [0, 0.1) is 13.8 Å². The van der Waals surface area contributed by atoms with Gasteiger partial charge in [0, 0.05) is 10.6 Å². The number of hydrogen-bond acceptors (Lipinski definition) is 5. The summed E-state index contributed by atoms with van der Waals surface area (Å²) < 4.78 is 9.86. The van der Waals surface area contributed by atoms with Crippen molar-refractivity contribution in [2.24, 2.45) is 0 Å². The first-order chi connectivity index (χ1) is 11.0. The van der Waals surface area contributed by atoms with E-state index in [1.165, 1.54) is 18.9 Å². The van der Waals surface area contributed by atoms with E-state index >= 15 is 0 Å². The molecule has 1 aromatic carbocycles. The van der Waals surface area contributed by atoms with E-state index in [-0.39, 0.29) is 11.5 Å². The maximum absolute atomic E-state index is 12.4. The van der Waals surface area contributed by atoms with E-state index in [1.807, 2.05) is 24.3 Å². The third-order valence-electron chi connectivity index (χ3n) is 3.54. The Labute approximate surface area is 139 Å². The van der Waals surface area contributed by atoms with Crippen molar-refractivity contribution in [1.82, 2.24) is 4.98 Å². The van der Waals surface area contributed by atoms with Gasteiger partial charge in [0.2, 0.25) is 0 Å². The molecule has 0 atom stereocenters. The van der Waals surface area contributed by atoms with E-state index in [2.05, 4.69) is 4.98 Å². The molecule has 0 radical (unpaired) electrons. The number of esters is 1. The Kier molecular flexibility index (Phi) is 5.50. The van der Waals surface area contributed by atoms with Crippen LogP contribution in [0.2, 0.25) is 0 Å². The van der Waals surface area contributed by atoms with Crippen LogP contribution in [0.15, 0.2) is 29.2 Å². The fourth-order valence-corrected chi connectivity index (χ4v) is 3.10. The molecule has 0 aliphatic heterocycles. The maximum Gasteiger partial charge on any atom is 0.339 e. The van der Waals surface area contributed by atoms with Gasteiger partial charge in [-0.2, -0.15) is 0 Å². The maximum atomic E-state index is 12.4. The van der Waals surface area contributed by atoms with Gasteiger partial charge in [-0.25, -0.2) is 4.79 Å². The topological polar surface area (TPSA) is 68.4 Å². The number of methoxy groups -OCH3 is 2. The molecule has 1 heterocycles. The molecule has 0 bridgehead atoms. The van der Waals surface area contributed by atoms with Crippen LogP contribution in [0.5, 0.6) is 5.75 Å². The molecular weight excluding hydrogens is 314 g/mol. The number of ether oxygens (including phenoxy) is 2. The summed E-state index contributed by atoms with van der Waals surface area (Å²) >= 11 is 1.44. The molecule has 6 heteroatoms. The molecule has 1 aromatic heterocycles. The summed E-state index contributed by atoms with van der Waals surface area (Å²) in [5, 5.41) is 0. The number of thioether (sulfide) groups is 1. The molecule has 122 valence electrons. The van der Waals surface area contributed by atoms with Gasteiger partial charge in [0.15, 0.2) is 5.78 Å². The van der Waals surface area contributed by atoms with E-state index < -0.39 is 5.97 Å². The van der Waals surface area contributed by atoms with Crippen molar-refractivity contribution in [3.8, 4) is 5.75 Å². The first-order valence-electron chi connectivity index (χ1n) is 7.05. The highest BCUT2D eigenvalue weighted by molar-refractivity contribution is 8.00. The van der Waals surface area contributed by atoms with Gasteiger partial charge in [-0.1, -0.05) is 0 Å². The van der Waals surface area contributed by atoms with E-state index in [1.54, 1.807) is 21.0 Å². The summed E-state index contributed by atoms with van der Waals surface area (Å²) in [6.45, 7) is 3.51. The van der Waals surface area contributed by atoms with Crippen molar-refractivity contribution in [3.05, 3.63) is 46.8 Å². The number of aromatic amines is 1. The number of nitrogens with one attached hydrogen (secondary N) is 1. The van der Waals surface area contributed by atoms with E-state index in [4.69, 9.17) is 9.47 Å². The minimum absolute atomic E-state index is 0.0541. The van der Waals surface area contributed by atoms with Crippen molar-refractivity contribution < 1.29 is 19.1 Å². The lowest BCUT2D eigenvalue weighted by Gasteiger charge is -2.04. The average Bonchev–Trinajstić information content (AvgIpc) is 2.87. The molecule has 0 unspecified atom stereocenters. The molecule has 0 fully saturated rings. The SMILES string of the molecule is COC(=O)c1c(C)[nH]c(C(=O)CSc2ccc(OC)cc2)c1C. The third kappa shape index (κ3) is 3.76. The minimum atomic E-state index is -0.432. The van der Waals surface area contributed by atoms with Crippen LogP contribution in [0.3, 0.4) is 0 Å². The second-order valence-corrected chi connectivity index (χ2v) is 6.05. The van der Waals surface area contributed by atoms with Gasteiger partial charge in [-0.05, 0) is 43.7 Å². The molecule has 2 rings (SSSR count). The van der Waals surface area contributed by atoms with Gasteiger partial charge in [-0.15, -0.1) is 11.8 Å². The lowest BCUT2D eigenvalue weighted by Crippen LogP contribution is -2.07. The Hall–Kier alpha value is -2.21. The second-order valence-electron chi connectivity index (χ2n) is 5.00. The Bertz CT molecular complexity index is 719. The number of Topliss-reactive ketones (excluding diaryl/α,β-unsaturated/α-hetero) is 1. The summed E-state index contributed by atoms with van der Waals surface area (Å²) in [6, 6.07) is 7.52. The number of aryl methyl sites for hydroxylation is 1. The highest BCUT2D eigenvalue weighted by Crippen LogP contribution is 2.24. The molecule has 0 spiro atoms. The van der Waals surface area contributed by atoms with Crippen LogP contribution >= 0.6 is 11.8 Å². The van der Waals surface area contributed by atoms with Crippen LogP contribution in [0.1, 0.15) is 32.1 Å². The van der Waals surface area contributed by atoms with Crippen LogP contribution in [0.4, 0.5) is 0 Å². The lowest BCUT2D eigenvalue weighted by atomic mass is 10.1. The summed E-state index contributed by atoms with van der Waals surface area (Å²) in [5.74, 6) is 0.576. The minimum Gasteiger partial charge on any atom is -0.497 e. The fraction of sp³-hybridized carbons (Fsp3) is 0.294. The van der Waals surface area contributed by atoms with Crippen molar-refractivity contribution in [2.75, 3.05) is 20.0 Å². The number of hydrogen-bond donors (Lipinski definition) is 1. The molecule has 0 saturated heterocycles. The van der Waals surface area contributed by atoms with Gasteiger partial charge < -0.3 is 14.5 Å². The predicted molar refractivity (Wildman–Crippen MR) is 89.7 cm³/mol. The highest BCUT2D eigenvalue weighted by Gasteiger charge is 2.22. The molecule has 23 heavy (non-hydrogen) atoms. The van der Waals surface area contributed by atoms with Gasteiger partial charge in [-0.3, -0.25) is 4.79 Å². The standard InChI is InChI=1S/C17H19NO4S/c1-10-15(17(20)22-4)11(2)18-16(10)14(19)9-23-13-7-5-12(21-3)6-8-13/h5-8,18H,9H2,1-4H3. The second kappa shape index (κ2) is 7.37. The summed E-state index contributed by atoms with van der Waals surface area (Å²) in [6.07, 6.45) is 0. The molecule has 5 nitrogen and oxygen atoms in total. The monoisotopic (exact) mass is 333 g/mol. The lowest BCUT2D eigenvalue weighted by molar-refractivity contribution is 0.0599. The van der Waals surface area contributed by atoms with Crippen molar-refractivity contribution in [1.29, 1.82) is 0 Å². The third-order valence-corrected chi connectivity index (χ3v) is 4.55. The summed E-state index contributed by atoms with van der Waals surface area (Å²) in [7, 11) is 2.94. The van der Waals surface area contributed by atoms with Crippen LogP contribution < -0.4 is 4.74 Å². The average molecular weight is 333 g/mol. The normalized spacial score (nSPS) is 10.4. The number of carbonyl (C=O) groups is 2. The number of aromatic nitrogens is 1. The Balaban J connectivity index is 2.10. The smallest absolute Gasteiger partial charge is 0.339 e. The molecule has 0 amide bonds. The zero-order chi connectivity index (χ0) is 17.0. The zero-order valence-corrected chi connectivity index (χ0v) is 14.4. The van der Waals surface area contributed by atoms with E-state index in [0.29, 0.717) is 22.5 Å².